The Balaban J connectivity index is 0.00000109. The van der Waals surface area contributed by atoms with E-state index in [1.807, 2.05) is 33.2 Å². The summed E-state index contributed by atoms with van der Waals surface area (Å²) in [7, 11) is 0. The van der Waals surface area contributed by atoms with Crippen molar-refractivity contribution in [3.8, 4) is 0 Å². The Morgan fingerprint density at radius 2 is 1.64 bits per heavy atom. The largest absolute Gasteiger partial charge is 0.366 e. The third kappa shape index (κ3) is 4.24. The van der Waals surface area contributed by atoms with Crippen molar-refractivity contribution < 1.29 is 4.79 Å². The van der Waals surface area contributed by atoms with Gasteiger partial charge in [-0.05, 0) is 31.1 Å². The van der Waals surface area contributed by atoms with Gasteiger partial charge in [-0.2, -0.15) is 0 Å². The molecule has 1 spiro atoms. The van der Waals surface area contributed by atoms with E-state index in [4.69, 9.17) is 0 Å². The van der Waals surface area contributed by atoms with Crippen molar-refractivity contribution in [3.63, 3.8) is 0 Å². The summed E-state index contributed by atoms with van der Waals surface area (Å²) in [5.74, 6) is 2.17. The van der Waals surface area contributed by atoms with Crippen molar-refractivity contribution in [1.29, 1.82) is 0 Å². The number of nitrogens with zero attached hydrogens (tertiary/aromatic N) is 4. The van der Waals surface area contributed by atoms with Crippen LogP contribution in [-0.2, 0) is 4.79 Å². The van der Waals surface area contributed by atoms with Crippen LogP contribution in [0.5, 0.6) is 0 Å². The van der Waals surface area contributed by atoms with E-state index in [2.05, 4.69) is 33.6 Å². The molecule has 0 radical (unpaired) electrons. The van der Waals surface area contributed by atoms with Crippen molar-refractivity contribution in [2.24, 2.45) is 11.3 Å². The van der Waals surface area contributed by atoms with Crippen LogP contribution < -0.4 is 4.90 Å². The second-order valence-electron chi connectivity index (χ2n) is 8.96. The Hall–Kier alpha value is -1.49. The van der Waals surface area contributed by atoms with Crippen LogP contribution in [0.2, 0.25) is 0 Å². The molecule has 2 saturated carbocycles. The lowest BCUT2D eigenvalue weighted by Gasteiger charge is -2.60. The summed E-state index contributed by atoms with van der Waals surface area (Å²) >= 11 is 0. The molecule has 1 aromatic heterocycles. The van der Waals surface area contributed by atoms with E-state index in [-0.39, 0.29) is 0 Å². The van der Waals surface area contributed by atoms with Crippen LogP contribution in [0.4, 0.5) is 5.69 Å². The van der Waals surface area contributed by atoms with Gasteiger partial charge in [0.05, 0.1) is 18.1 Å². The van der Waals surface area contributed by atoms with Gasteiger partial charge in [-0.25, -0.2) is 9.97 Å². The highest BCUT2D eigenvalue weighted by molar-refractivity contribution is 5.81. The standard InChI is InChI=1S/C21H32N4O.C2H6/c1-4-19(26)16-9-21(10-16)11-17(12-21)24-5-7-25(8-6-24)18-13-22-20(15(2)3)23-14-18;1-2/h13-17H,4-12H2,1-3H3;1-2H3. The fraction of sp³-hybridized carbons (Fsp3) is 0.783. The summed E-state index contributed by atoms with van der Waals surface area (Å²) in [6, 6.07) is 0.745. The van der Waals surface area contributed by atoms with E-state index in [9.17, 15) is 4.79 Å². The van der Waals surface area contributed by atoms with Crippen LogP contribution in [0, 0.1) is 11.3 Å². The lowest BCUT2D eigenvalue weighted by Crippen LogP contribution is -2.60. The Morgan fingerprint density at radius 3 is 2.14 bits per heavy atom. The quantitative estimate of drug-likeness (QED) is 0.756. The fourth-order valence-corrected chi connectivity index (χ4v) is 5.17. The molecule has 1 saturated heterocycles. The highest BCUT2D eigenvalue weighted by Crippen LogP contribution is 2.60. The molecule has 0 unspecified atom stereocenters. The molecule has 3 aliphatic rings. The van der Waals surface area contributed by atoms with Crippen LogP contribution in [-0.4, -0.2) is 52.9 Å². The summed E-state index contributed by atoms with van der Waals surface area (Å²) < 4.78 is 0. The van der Waals surface area contributed by atoms with Crippen molar-refractivity contribution in [2.45, 2.75) is 78.7 Å². The third-order valence-corrected chi connectivity index (χ3v) is 6.87. The van der Waals surface area contributed by atoms with Crippen LogP contribution in [0.25, 0.3) is 0 Å². The van der Waals surface area contributed by atoms with Crippen LogP contribution in [0.1, 0.15) is 78.5 Å². The van der Waals surface area contributed by atoms with Crippen LogP contribution in [0.15, 0.2) is 12.4 Å². The average Bonchev–Trinajstić information content (AvgIpc) is 2.67. The van der Waals surface area contributed by atoms with E-state index in [0.29, 0.717) is 29.5 Å². The van der Waals surface area contributed by atoms with Gasteiger partial charge in [-0.15, -0.1) is 0 Å². The molecule has 2 heterocycles. The molecule has 5 heteroatoms. The molecule has 0 amide bonds. The molecule has 28 heavy (non-hydrogen) atoms. The number of hydrogen-bond donors (Lipinski definition) is 0. The van der Waals surface area contributed by atoms with Crippen molar-refractivity contribution in [3.05, 3.63) is 18.2 Å². The maximum atomic E-state index is 11.8. The number of hydrogen-bond acceptors (Lipinski definition) is 5. The first-order valence-electron chi connectivity index (χ1n) is 11.3. The Morgan fingerprint density at radius 1 is 1.07 bits per heavy atom. The fourth-order valence-electron chi connectivity index (χ4n) is 5.17. The molecule has 0 atom stereocenters. The van der Waals surface area contributed by atoms with E-state index in [0.717, 1.165) is 56.6 Å². The predicted molar refractivity (Wildman–Crippen MR) is 115 cm³/mol. The van der Waals surface area contributed by atoms with Crippen molar-refractivity contribution in [2.75, 3.05) is 31.1 Å². The van der Waals surface area contributed by atoms with Gasteiger partial charge in [0.25, 0.3) is 0 Å². The van der Waals surface area contributed by atoms with Crippen molar-refractivity contribution in [1.82, 2.24) is 14.9 Å². The number of carbonyl (C=O) groups is 1. The van der Waals surface area contributed by atoms with Gasteiger partial charge in [0.15, 0.2) is 0 Å². The molecule has 156 valence electrons. The summed E-state index contributed by atoms with van der Waals surface area (Å²) in [5, 5.41) is 0. The first-order valence-corrected chi connectivity index (χ1v) is 11.3. The maximum absolute atomic E-state index is 11.8. The van der Waals surface area contributed by atoms with Crippen LogP contribution >= 0.6 is 0 Å². The van der Waals surface area contributed by atoms with Gasteiger partial charge < -0.3 is 4.90 Å². The summed E-state index contributed by atoms with van der Waals surface area (Å²) in [6.45, 7) is 14.6. The van der Waals surface area contributed by atoms with E-state index in [1.165, 1.54) is 12.8 Å². The molecule has 3 fully saturated rings. The minimum atomic E-state index is 0.380. The zero-order valence-corrected chi connectivity index (χ0v) is 18.4. The maximum Gasteiger partial charge on any atom is 0.135 e. The molecule has 1 aromatic rings. The minimum Gasteiger partial charge on any atom is -0.366 e. The number of anilines is 1. The first-order chi connectivity index (χ1) is 13.5. The summed E-state index contributed by atoms with van der Waals surface area (Å²) in [6.07, 6.45) is 9.63. The van der Waals surface area contributed by atoms with Gasteiger partial charge in [-0.1, -0.05) is 34.6 Å². The number of ketones is 1. The molecule has 0 N–H and O–H groups in total. The molecule has 1 aliphatic heterocycles. The summed E-state index contributed by atoms with van der Waals surface area (Å²) in [5.41, 5.74) is 1.68. The first kappa shape index (κ1) is 21.2. The topological polar surface area (TPSA) is 49.3 Å². The lowest BCUT2D eigenvalue weighted by atomic mass is 9.49. The second-order valence-corrected chi connectivity index (χ2v) is 8.96. The van der Waals surface area contributed by atoms with Crippen LogP contribution in [0.3, 0.4) is 0 Å². The lowest BCUT2D eigenvalue weighted by molar-refractivity contribution is -0.140. The normalized spacial score (nSPS) is 29.7. The molecule has 2 aliphatic carbocycles. The Bertz CT molecular complexity index is 635. The van der Waals surface area contributed by atoms with E-state index >= 15 is 0 Å². The smallest absolute Gasteiger partial charge is 0.135 e. The average molecular weight is 387 g/mol. The summed E-state index contributed by atoms with van der Waals surface area (Å²) in [4.78, 5) is 25.9. The zero-order chi connectivity index (χ0) is 20.3. The molecule has 5 nitrogen and oxygen atoms in total. The predicted octanol–water partition coefficient (Wildman–Crippen LogP) is 4.29. The third-order valence-electron chi connectivity index (χ3n) is 6.87. The Kier molecular flexibility index (Phi) is 6.74. The van der Waals surface area contributed by atoms with Gasteiger partial charge in [0.2, 0.25) is 0 Å². The molecule has 4 rings (SSSR count). The minimum absolute atomic E-state index is 0.380. The highest BCUT2D eigenvalue weighted by Gasteiger charge is 2.55. The SMILES string of the molecule is CC.CCC(=O)C1CC2(C1)CC(N1CCN(c3cnc(C(C)C)nc3)CC1)C2. The second kappa shape index (κ2) is 8.89. The molecule has 0 bridgehead atoms. The van der Waals surface area contributed by atoms with Gasteiger partial charge in [-0.3, -0.25) is 9.69 Å². The van der Waals surface area contributed by atoms with E-state index in [1.54, 1.807) is 0 Å². The number of aromatic nitrogens is 2. The monoisotopic (exact) mass is 386 g/mol. The Labute approximate surface area is 170 Å². The van der Waals surface area contributed by atoms with Crippen molar-refractivity contribution >= 4 is 11.5 Å². The number of Topliss-reactive ketones (excluding diaryl/α,β-unsaturated/α-hetero) is 1. The van der Waals surface area contributed by atoms with Gasteiger partial charge in [0.1, 0.15) is 11.6 Å². The number of carbonyl (C=O) groups excluding carboxylic acids is 1. The number of rotatable bonds is 5. The molecule has 0 aromatic carbocycles. The van der Waals surface area contributed by atoms with Gasteiger partial charge in [0, 0.05) is 50.5 Å². The zero-order valence-electron chi connectivity index (χ0n) is 18.4. The van der Waals surface area contributed by atoms with Gasteiger partial charge >= 0.3 is 0 Å². The number of piperazine rings is 1. The molecular weight excluding hydrogens is 348 g/mol. The van der Waals surface area contributed by atoms with E-state index < -0.39 is 0 Å². The molecular formula is C23H38N4O. The highest BCUT2D eigenvalue weighted by atomic mass is 16.1.